The predicted octanol–water partition coefficient (Wildman–Crippen LogP) is 4.28. The molecule has 0 spiro atoms. The number of nitro benzene ring substituents is 1. The molecule has 35 heavy (non-hydrogen) atoms. The molecule has 0 aliphatic rings. The highest BCUT2D eigenvalue weighted by molar-refractivity contribution is 5.69. The minimum absolute atomic E-state index is 0.0491. The van der Waals surface area contributed by atoms with Gasteiger partial charge in [0.05, 0.1) is 22.5 Å². The number of H-pyrrole nitrogens is 1. The lowest BCUT2D eigenvalue weighted by atomic mass is 10.1. The zero-order valence-electron chi connectivity index (χ0n) is 17.4. The number of methoxy groups -OCH3 is 1. The zero-order chi connectivity index (χ0) is 25.9. The van der Waals surface area contributed by atoms with Crippen molar-refractivity contribution in [2.24, 2.45) is 0 Å². The van der Waals surface area contributed by atoms with Crippen molar-refractivity contribution in [1.29, 1.82) is 0 Å². The van der Waals surface area contributed by atoms with Crippen molar-refractivity contribution in [2.75, 3.05) is 7.11 Å². The van der Waals surface area contributed by atoms with E-state index in [1.165, 1.54) is 37.5 Å². The summed E-state index contributed by atoms with van der Waals surface area (Å²) < 4.78 is 49.3. The molecule has 0 amide bonds. The van der Waals surface area contributed by atoms with Crippen LogP contribution in [0, 0.1) is 20.2 Å². The van der Waals surface area contributed by atoms with E-state index in [4.69, 9.17) is 9.47 Å². The Morgan fingerprint density at radius 1 is 1.03 bits per heavy atom. The van der Waals surface area contributed by atoms with E-state index in [0.717, 1.165) is 6.07 Å². The van der Waals surface area contributed by atoms with Crippen LogP contribution >= 0.6 is 0 Å². The number of aromatic nitrogens is 2. The number of halogens is 3. The summed E-state index contributed by atoms with van der Waals surface area (Å²) in [6, 6.07) is 5.96. The number of ether oxygens (including phenoxy) is 2. The molecule has 0 fully saturated rings. The summed E-state index contributed by atoms with van der Waals surface area (Å²) in [4.78, 5) is 37.2. The predicted molar refractivity (Wildman–Crippen MR) is 113 cm³/mol. The Kier molecular flexibility index (Phi) is 6.70. The van der Waals surface area contributed by atoms with E-state index >= 15 is 0 Å². The van der Waals surface area contributed by atoms with Crippen molar-refractivity contribution in [1.82, 2.24) is 9.97 Å². The second-order valence-electron chi connectivity index (χ2n) is 6.66. The molecule has 0 atom stereocenters. The number of hydrogen-bond donors (Lipinski definition) is 2. The third kappa shape index (κ3) is 5.52. The molecule has 3 rings (SSSR count). The molecule has 15 heteroatoms. The lowest BCUT2D eigenvalue weighted by molar-refractivity contribution is -0.387. The van der Waals surface area contributed by atoms with Gasteiger partial charge in [-0.15, -0.1) is 0 Å². The van der Waals surface area contributed by atoms with Crippen molar-refractivity contribution in [3.05, 3.63) is 83.9 Å². The normalized spacial score (nSPS) is 11.4. The number of aromatic amines is 1. The first-order valence-corrected chi connectivity index (χ1v) is 9.28. The van der Waals surface area contributed by atoms with Gasteiger partial charge in [0.25, 0.3) is 5.88 Å². The fourth-order valence-electron chi connectivity index (χ4n) is 2.80. The van der Waals surface area contributed by atoms with E-state index < -0.39 is 50.1 Å². The quantitative estimate of drug-likeness (QED) is 0.359. The monoisotopic (exact) mass is 494 g/mol. The van der Waals surface area contributed by atoms with Gasteiger partial charge in [0.15, 0.2) is 11.5 Å². The Morgan fingerprint density at radius 3 is 2.29 bits per heavy atom. The fraction of sp³-hybridized carbons (Fsp3) is 0.100. The maximum Gasteiger partial charge on any atom is 0.416 e. The van der Waals surface area contributed by atoms with E-state index in [1.807, 2.05) is 0 Å². The Labute approximate surface area is 192 Å². The minimum atomic E-state index is -4.78. The van der Waals surface area contributed by atoms with Crippen LogP contribution in [0.2, 0.25) is 0 Å². The SMILES string of the molecule is COc1cc(/C=C\c2nc(O)c([N+](=O)[O-])c(=O)[nH]2)ccc1Oc1ccc(C(F)(F)F)cc1[N+](=O)[O-]. The second kappa shape index (κ2) is 9.50. The molecule has 0 aliphatic heterocycles. The summed E-state index contributed by atoms with van der Waals surface area (Å²) in [5, 5.41) is 31.6. The van der Waals surface area contributed by atoms with Crippen LogP contribution in [0.4, 0.5) is 24.5 Å². The van der Waals surface area contributed by atoms with Gasteiger partial charge in [-0.1, -0.05) is 12.1 Å². The molecule has 0 saturated carbocycles. The lowest BCUT2D eigenvalue weighted by Crippen LogP contribution is -2.14. The van der Waals surface area contributed by atoms with Crippen LogP contribution in [0.5, 0.6) is 23.1 Å². The van der Waals surface area contributed by atoms with Crippen LogP contribution in [-0.4, -0.2) is 32.0 Å². The van der Waals surface area contributed by atoms with E-state index in [0.29, 0.717) is 17.7 Å². The van der Waals surface area contributed by atoms with Crippen molar-refractivity contribution in [3.63, 3.8) is 0 Å². The Balaban J connectivity index is 1.90. The molecule has 2 aromatic carbocycles. The van der Waals surface area contributed by atoms with E-state index in [2.05, 4.69) is 9.97 Å². The van der Waals surface area contributed by atoms with Crippen molar-refractivity contribution in [3.8, 4) is 23.1 Å². The van der Waals surface area contributed by atoms with Gasteiger partial charge in [-0.25, -0.2) is 0 Å². The smallest absolute Gasteiger partial charge is 0.416 e. The molecule has 12 nitrogen and oxygen atoms in total. The molecule has 1 aromatic heterocycles. The van der Waals surface area contributed by atoms with Crippen LogP contribution in [0.25, 0.3) is 12.2 Å². The van der Waals surface area contributed by atoms with Crippen molar-refractivity contribution in [2.45, 2.75) is 6.18 Å². The van der Waals surface area contributed by atoms with Crippen molar-refractivity contribution < 1.29 is 37.6 Å². The van der Waals surface area contributed by atoms with Crippen LogP contribution in [0.1, 0.15) is 17.0 Å². The number of hydrogen-bond acceptors (Lipinski definition) is 9. The average Bonchev–Trinajstić information content (AvgIpc) is 2.77. The molecular weight excluding hydrogens is 481 g/mol. The summed E-state index contributed by atoms with van der Waals surface area (Å²) in [7, 11) is 1.25. The highest BCUT2D eigenvalue weighted by Gasteiger charge is 2.33. The molecule has 1 heterocycles. The van der Waals surface area contributed by atoms with Gasteiger partial charge in [0.2, 0.25) is 5.75 Å². The third-order valence-corrected chi connectivity index (χ3v) is 4.40. The summed E-state index contributed by atoms with van der Waals surface area (Å²) in [6.07, 6.45) is -2.17. The van der Waals surface area contributed by atoms with Crippen LogP contribution in [0.3, 0.4) is 0 Å². The maximum absolute atomic E-state index is 12.9. The van der Waals surface area contributed by atoms with E-state index in [-0.39, 0.29) is 17.3 Å². The fourth-order valence-corrected chi connectivity index (χ4v) is 2.80. The average molecular weight is 494 g/mol. The molecule has 0 bridgehead atoms. The van der Waals surface area contributed by atoms with Gasteiger partial charge in [0, 0.05) is 6.07 Å². The summed E-state index contributed by atoms with van der Waals surface area (Å²) in [6.45, 7) is 0. The molecule has 0 unspecified atom stereocenters. The molecule has 182 valence electrons. The summed E-state index contributed by atoms with van der Waals surface area (Å²) in [5.74, 6) is -1.72. The highest BCUT2D eigenvalue weighted by Crippen LogP contribution is 2.40. The molecule has 0 radical (unpaired) electrons. The van der Waals surface area contributed by atoms with Gasteiger partial charge in [0.1, 0.15) is 5.82 Å². The number of rotatable bonds is 7. The third-order valence-electron chi connectivity index (χ3n) is 4.40. The summed E-state index contributed by atoms with van der Waals surface area (Å²) in [5.41, 5.74) is -3.98. The minimum Gasteiger partial charge on any atom is -0.493 e. The maximum atomic E-state index is 12.9. The van der Waals surface area contributed by atoms with Crippen molar-refractivity contribution >= 4 is 23.5 Å². The zero-order valence-corrected chi connectivity index (χ0v) is 17.4. The molecule has 3 aromatic rings. The largest absolute Gasteiger partial charge is 0.493 e. The summed E-state index contributed by atoms with van der Waals surface area (Å²) >= 11 is 0. The number of nitrogens with one attached hydrogen (secondary N) is 1. The van der Waals surface area contributed by atoms with E-state index in [1.54, 1.807) is 0 Å². The number of alkyl halides is 3. The first-order chi connectivity index (χ1) is 16.4. The molecular formula is C20H13F3N4O8. The first kappa shape index (κ1) is 24.7. The van der Waals surface area contributed by atoms with Crippen LogP contribution < -0.4 is 15.0 Å². The lowest BCUT2D eigenvalue weighted by Gasteiger charge is -2.12. The van der Waals surface area contributed by atoms with Gasteiger partial charge < -0.3 is 19.6 Å². The Hall–Kier alpha value is -4.95. The van der Waals surface area contributed by atoms with Crippen LogP contribution in [0.15, 0.2) is 41.2 Å². The number of nitrogens with zero attached hydrogens (tertiary/aromatic N) is 3. The van der Waals surface area contributed by atoms with E-state index in [9.17, 15) is 43.3 Å². The van der Waals surface area contributed by atoms with Gasteiger partial charge in [-0.05, 0) is 35.9 Å². The van der Waals surface area contributed by atoms with Gasteiger partial charge in [-0.3, -0.25) is 25.0 Å². The first-order valence-electron chi connectivity index (χ1n) is 9.28. The molecule has 0 saturated heterocycles. The number of benzene rings is 2. The highest BCUT2D eigenvalue weighted by atomic mass is 19.4. The topological polar surface area (TPSA) is 171 Å². The Morgan fingerprint density at radius 2 is 1.71 bits per heavy atom. The van der Waals surface area contributed by atoms with Gasteiger partial charge >= 0.3 is 23.1 Å². The Bertz CT molecular complexity index is 1400. The number of aromatic hydroxyl groups is 1. The standard InChI is InChI=1S/C20H13F3N4O8/c1-34-15-8-10(3-7-16-24-18(28)17(27(32)33)19(29)25-16)2-5-14(15)35-13-6-4-11(20(21,22)23)9-12(13)26(30)31/h2-9H,1H3,(H2,24,25,28,29)/b7-3-. The second-order valence-corrected chi connectivity index (χ2v) is 6.66. The van der Waals surface area contributed by atoms with Crippen LogP contribution in [-0.2, 0) is 6.18 Å². The number of nitro groups is 2. The molecule has 0 aliphatic carbocycles. The molecule has 2 N–H and O–H groups in total. The van der Waals surface area contributed by atoms with Gasteiger partial charge in [-0.2, -0.15) is 18.2 Å².